The van der Waals surface area contributed by atoms with Gasteiger partial charge in [0, 0.05) is 24.3 Å². The topological polar surface area (TPSA) is 17.8 Å². The van der Waals surface area contributed by atoms with Gasteiger partial charge in [-0.15, -0.1) is 0 Å². The molecule has 13 heavy (non-hydrogen) atoms. The number of rotatable bonds is 1. The number of aryl methyl sites for hydroxylation is 1. The summed E-state index contributed by atoms with van der Waals surface area (Å²) in [6.07, 6.45) is 3.90. The second kappa shape index (κ2) is 4.65. The molecule has 2 nitrogen and oxygen atoms in total. The van der Waals surface area contributed by atoms with Crippen LogP contribution in [0.4, 0.5) is 0 Å². The molecule has 0 spiro atoms. The zero-order valence-corrected chi connectivity index (χ0v) is 8.49. The van der Waals surface area contributed by atoms with Crippen molar-refractivity contribution in [2.24, 2.45) is 0 Å². The van der Waals surface area contributed by atoms with Crippen LogP contribution in [0.5, 0.6) is 0 Å². The average molecular weight is 176 g/mol. The molecule has 0 N–H and O–H groups in total. The van der Waals surface area contributed by atoms with E-state index < -0.39 is 0 Å². The van der Waals surface area contributed by atoms with Gasteiger partial charge < -0.3 is 4.57 Å². The minimum atomic E-state index is 0.987. The minimum absolute atomic E-state index is 0.987. The predicted octanol–water partition coefficient (Wildman–Crippen LogP) is 3.08. The van der Waals surface area contributed by atoms with Gasteiger partial charge in [-0.05, 0) is 25.1 Å². The first-order chi connectivity index (χ1) is 6.42. The molecule has 2 heterocycles. The molecule has 0 amide bonds. The molecule has 0 atom stereocenters. The van der Waals surface area contributed by atoms with Crippen LogP contribution >= 0.6 is 0 Å². The van der Waals surface area contributed by atoms with Crippen LogP contribution < -0.4 is 0 Å². The Labute approximate surface area is 79.2 Å². The lowest BCUT2D eigenvalue weighted by atomic mass is 10.3. The van der Waals surface area contributed by atoms with E-state index in [0.717, 1.165) is 12.2 Å². The maximum Gasteiger partial charge on any atom is 0.139 e. The van der Waals surface area contributed by atoms with Crippen LogP contribution in [-0.2, 0) is 6.54 Å². The maximum atomic E-state index is 4.27. The third-order valence-corrected chi connectivity index (χ3v) is 1.86. The van der Waals surface area contributed by atoms with Crippen LogP contribution in [-0.4, -0.2) is 9.55 Å². The van der Waals surface area contributed by atoms with Gasteiger partial charge in [-0.3, -0.25) is 0 Å². The summed E-state index contributed by atoms with van der Waals surface area (Å²) < 4.78 is 2.13. The molecule has 0 saturated heterocycles. The van der Waals surface area contributed by atoms with Gasteiger partial charge in [0.2, 0.25) is 0 Å². The highest BCUT2D eigenvalue weighted by Gasteiger charge is 1.96. The first-order valence-electron chi connectivity index (χ1n) is 4.81. The van der Waals surface area contributed by atoms with Crippen LogP contribution in [0.15, 0.2) is 30.6 Å². The summed E-state index contributed by atoms with van der Waals surface area (Å²) in [6.45, 7) is 7.11. The highest BCUT2D eigenvalue weighted by molar-refractivity contribution is 5.75. The zero-order chi connectivity index (χ0) is 9.68. The summed E-state index contributed by atoms with van der Waals surface area (Å²) >= 11 is 0. The van der Waals surface area contributed by atoms with Gasteiger partial charge >= 0.3 is 0 Å². The van der Waals surface area contributed by atoms with Crippen molar-refractivity contribution >= 4 is 11.0 Å². The van der Waals surface area contributed by atoms with Crippen LogP contribution in [0.3, 0.4) is 0 Å². The number of pyridine rings is 1. The molecule has 0 unspecified atom stereocenters. The van der Waals surface area contributed by atoms with Crippen molar-refractivity contribution in [3.8, 4) is 0 Å². The number of aromatic nitrogens is 2. The maximum absolute atomic E-state index is 4.27. The highest BCUT2D eigenvalue weighted by Crippen LogP contribution is 2.11. The molecule has 0 fully saturated rings. The Bertz CT molecular complexity index is 363. The number of hydrogen-bond acceptors (Lipinski definition) is 1. The summed E-state index contributed by atoms with van der Waals surface area (Å²) in [6, 6.07) is 6.13. The quantitative estimate of drug-likeness (QED) is 0.653. The Kier molecular flexibility index (Phi) is 3.50. The first kappa shape index (κ1) is 9.78. The van der Waals surface area contributed by atoms with Gasteiger partial charge in [-0.1, -0.05) is 13.8 Å². The zero-order valence-electron chi connectivity index (χ0n) is 8.49. The van der Waals surface area contributed by atoms with E-state index in [4.69, 9.17) is 0 Å². The molecule has 70 valence electrons. The summed E-state index contributed by atoms with van der Waals surface area (Å²) in [5.41, 5.74) is 1.08. The molecule has 2 rings (SSSR count). The van der Waals surface area contributed by atoms with E-state index in [1.807, 2.05) is 26.1 Å². The summed E-state index contributed by atoms with van der Waals surface area (Å²) in [5, 5.41) is 1.22. The second-order valence-corrected chi connectivity index (χ2v) is 2.52. The van der Waals surface area contributed by atoms with Gasteiger partial charge in [0.1, 0.15) is 5.65 Å². The standard InChI is InChI=1S/C9H10N2.C2H6/c1-2-11-7-5-8-4-3-6-10-9(8)11;1-2/h3-7H,2H2,1H3;1-2H3. The molecule has 0 aliphatic heterocycles. The number of nitrogens with zero attached hydrogens (tertiary/aromatic N) is 2. The van der Waals surface area contributed by atoms with Crippen molar-refractivity contribution in [3.63, 3.8) is 0 Å². The fourth-order valence-electron chi connectivity index (χ4n) is 1.28. The first-order valence-corrected chi connectivity index (χ1v) is 4.81. The van der Waals surface area contributed by atoms with E-state index in [1.165, 1.54) is 5.39 Å². The van der Waals surface area contributed by atoms with Gasteiger partial charge in [-0.25, -0.2) is 4.98 Å². The molecule has 0 radical (unpaired) electrons. The van der Waals surface area contributed by atoms with Crippen LogP contribution in [0.2, 0.25) is 0 Å². The molecule has 2 heteroatoms. The van der Waals surface area contributed by atoms with Crippen molar-refractivity contribution < 1.29 is 0 Å². The van der Waals surface area contributed by atoms with Gasteiger partial charge in [0.05, 0.1) is 0 Å². The molecular weight excluding hydrogens is 160 g/mol. The van der Waals surface area contributed by atoms with E-state index in [1.54, 1.807) is 0 Å². The van der Waals surface area contributed by atoms with Crippen molar-refractivity contribution in [3.05, 3.63) is 30.6 Å². The van der Waals surface area contributed by atoms with Crippen molar-refractivity contribution in [1.82, 2.24) is 9.55 Å². The smallest absolute Gasteiger partial charge is 0.139 e. The number of hydrogen-bond donors (Lipinski definition) is 0. The molecule has 0 aliphatic rings. The van der Waals surface area contributed by atoms with Gasteiger partial charge in [-0.2, -0.15) is 0 Å². The van der Waals surface area contributed by atoms with E-state index in [0.29, 0.717) is 0 Å². The van der Waals surface area contributed by atoms with Gasteiger partial charge in [0.15, 0.2) is 0 Å². The molecule has 0 aliphatic carbocycles. The summed E-state index contributed by atoms with van der Waals surface area (Å²) in [4.78, 5) is 4.27. The van der Waals surface area contributed by atoms with E-state index in [9.17, 15) is 0 Å². The minimum Gasteiger partial charge on any atom is -0.333 e. The molecule has 0 aromatic carbocycles. The van der Waals surface area contributed by atoms with Crippen molar-refractivity contribution in [1.29, 1.82) is 0 Å². The van der Waals surface area contributed by atoms with Crippen LogP contribution in [0.1, 0.15) is 20.8 Å². The number of fused-ring (bicyclic) bond motifs is 1. The van der Waals surface area contributed by atoms with Crippen LogP contribution in [0.25, 0.3) is 11.0 Å². The van der Waals surface area contributed by atoms with E-state index in [2.05, 4.69) is 34.8 Å². The monoisotopic (exact) mass is 176 g/mol. The Morgan fingerprint density at radius 1 is 1.31 bits per heavy atom. The Hall–Kier alpha value is -1.31. The van der Waals surface area contributed by atoms with Crippen LogP contribution in [0, 0.1) is 0 Å². The van der Waals surface area contributed by atoms with E-state index in [-0.39, 0.29) is 0 Å². The van der Waals surface area contributed by atoms with Crippen molar-refractivity contribution in [2.45, 2.75) is 27.3 Å². The SMILES string of the molecule is CC.CCn1ccc2cccnc21. The molecule has 2 aromatic heterocycles. The lowest BCUT2D eigenvalue weighted by molar-refractivity contribution is 0.788. The fraction of sp³-hybridized carbons (Fsp3) is 0.364. The second-order valence-electron chi connectivity index (χ2n) is 2.52. The fourth-order valence-corrected chi connectivity index (χ4v) is 1.28. The summed E-state index contributed by atoms with van der Waals surface area (Å²) in [5.74, 6) is 0. The van der Waals surface area contributed by atoms with E-state index >= 15 is 0 Å². The Balaban J connectivity index is 0.000000396. The molecule has 0 bridgehead atoms. The Morgan fingerprint density at radius 2 is 2.08 bits per heavy atom. The van der Waals surface area contributed by atoms with Gasteiger partial charge in [0.25, 0.3) is 0 Å². The van der Waals surface area contributed by atoms with Crippen molar-refractivity contribution in [2.75, 3.05) is 0 Å². The predicted molar refractivity (Wildman–Crippen MR) is 56.8 cm³/mol. The average Bonchev–Trinajstić information content (AvgIpc) is 2.64. The molecule has 0 saturated carbocycles. The molecular formula is C11H16N2. The third-order valence-electron chi connectivity index (χ3n) is 1.86. The Morgan fingerprint density at radius 3 is 2.77 bits per heavy atom. The lowest BCUT2D eigenvalue weighted by Gasteiger charge is -1.96. The highest BCUT2D eigenvalue weighted by atomic mass is 15.0. The normalized spacial score (nSPS) is 9.46. The molecule has 2 aromatic rings. The lowest BCUT2D eigenvalue weighted by Crippen LogP contribution is -1.91. The largest absolute Gasteiger partial charge is 0.333 e. The summed E-state index contributed by atoms with van der Waals surface area (Å²) in [7, 11) is 0. The third kappa shape index (κ3) is 1.89.